The van der Waals surface area contributed by atoms with Crippen molar-refractivity contribution in [3.05, 3.63) is 77.8 Å². The van der Waals surface area contributed by atoms with Crippen LogP contribution in [0.3, 0.4) is 0 Å². The molecule has 0 spiro atoms. The van der Waals surface area contributed by atoms with Gasteiger partial charge in [0.15, 0.2) is 15.1 Å². The zero-order valence-corrected chi connectivity index (χ0v) is 21.3. The van der Waals surface area contributed by atoms with Gasteiger partial charge in [-0.1, -0.05) is 24.3 Å². The number of carbonyl (C=O) groups is 2. The van der Waals surface area contributed by atoms with Crippen molar-refractivity contribution in [1.82, 2.24) is 15.3 Å². The summed E-state index contributed by atoms with van der Waals surface area (Å²) in [7, 11) is -2.67. The third-order valence-electron chi connectivity index (χ3n) is 5.34. The van der Waals surface area contributed by atoms with Gasteiger partial charge in [-0.3, -0.25) is 9.59 Å². The summed E-state index contributed by atoms with van der Waals surface area (Å²) >= 11 is 1.06. The van der Waals surface area contributed by atoms with Gasteiger partial charge in [-0.05, 0) is 42.0 Å². The van der Waals surface area contributed by atoms with Gasteiger partial charge in [0.25, 0.3) is 0 Å². The summed E-state index contributed by atoms with van der Waals surface area (Å²) in [6, 6.07) is 16.7. The summed E-state index contributed by atoms with van der Waals surface area (Å²) in [5, 5.41) is 3.50. The molecule has 4 aromatic rings. The molecule has 12 heteroatoms. The predicted molar refractivity (Wildman–Crippen MR) is 139 cm³/mol. The highest BCUT2D eigenvalue weighted by molar-refractivity contribution is 7.92. The van der Waals surface area contributed by atoms with Crippen LogP contribution in [-0.4, -0.2) is 56.2 Å². The number of ether oxygens (including phenoxy) is 1. The summed E-state index contributed by atoms with van der Waals surface area (Å²) in [6.07, 6.45) is 1.39. The molecule has 0 bridgehead atoms. The fraction of sp³-hybridized carbons (Fsp3) is 0.200. The minimum atomic E-state index is -4.03. The number of anilines is 1. The first-order valence-electron chi connectivity index (χ1n) is 11.1. The van der Waals surface area contributed by atoms with E-state index >= 15 is 0 Å². The van der Waals surface area contributed by atoms with Crippen LogP contribution in [-0.2, 0) is 24.2 Å². The van der Waals surface area contributed by atoms with Crippen molar-refractivity contribution in [2.24, 2.45) is 0 Å². The lowest BCUT2D eigenvalue weighted by Gasteiger charge is -2.15. The minimum absolute atomic E-state index is 0.0708. The first-order valence-corrected chi connectivity index (χ1v) is 13.7. The van der Waals surface area contributed by atoms with Crippen molar-refractivity contribution >= 4 is 48.9 Å². The molecule has 4 rings (SSSR count). The number of benzene rings is 2. The van der Waals surface area contributed by atoms with Crippen LogP contribution in [0.15, 0.2) is 66.9 Å². The number of methoxy groups -OCH3 is 1. The summed E-state index contributed by atoms with van der Waals surface area (Å²) in [4.78, 5) is 33.5. The Morgan fingerprint density at radius 2 is 1.84 bits per heavy atom. The van der Waals surface area contributed by atoms with Gasteiger partial charge in [0.2, 0.25) is 17.8 Å². The van der Waals surface area contributed by atoms with Crippen LogP contribution in [0.2, 0.25) is 0 Å². The maximum absolute atomic E-state index is 13.2. The van der Waals surface area contributed by atoms with E-state index in [9.17, 15) is 22.4 Å². The molecular weight excluding hydrogens is 519 g/mol. The molecule has 2 heterocycles. The van der Waals surface area contributed by atoms with Crippen molar-refractivity contribution in [3.63, 3.8) is 0 Å². The molecule has 0 fully saturated rings. The van der Waals surface area contributed by atoms with Gasteiger partial charge < -0.3 is 15.4 Å². The van der Waals surface area contributed by atoms with Gasteiger partial charge in [0.05, 0.1) is 29.1 Å². The maximum Gasteiger partial charge on any atom is 0.245 e. The normalized spacial score (nSPS) is 12.3. The number of nitrogens with one attached hydrogen (secondary N) is 2. The number of hydrogen-bond donors (Lipinski definition) is 2. The van der Waals surface area contributed by atoms with Crippen LogP contribution in [0, 0.1) is 5.95 Å². The summed E-state index contributed by atoms with van der Waals surface area (Å²) in [5.74, 6) is -2.37. The van der Waals surface area contributed by atoms with E-state index in [0.29, 0.717) is 21.5 Å². The van der Waals surface area contributed by atoms with E-state index in [2.05, 4.69) is 20.6 Å². The second-order valence-corrected chi connectivity index (χ2v) is 11.2. The molecule has 0 aliphatic carbocycles. The van der Waals surface area contributed by atoms with Crippen molar-refractivity contribution in [3.8, 4) is 11.1 Å². The summed E-state index contributed by atoms with van der Waals surface area (Å²) < 4.78 is 45.0. The number of amides is 2. The molecule has 0 saturated carbocycles. The first kappa shape index (κ1) is 26.3. The number of hydrogen-bond acceptors (Lipinski definition) is 8. The second-order valence-electron chi connectivity index (χ2n) is 7.98. The number of fused-ring (bicyclic) bond motifs is 1. The quantitative estimate of drug-likeness (QED) is 0.294. The van der Waals surface area contributed by atoms with Gasteiger partial charge in [0.1, 0.15) is 5.01 Å². The molecule has 2 N–H and O–H groups in total. The smallest absolute Gasteiger partial charge is 0.245 e. The molecule has 1 atom stereocenters. The Labute approximate surface area is 216 Å². The molecule has 37 heavy (non-hydrogen) atoms. The van der Waals surface area contributed by atoms with Gasteiger partial charge in [-0.2, -0.15) is 4.39 Å². The Morgan fingerprint density at radius 1 is 1.08 bits per heavy atom. The van der Waals surface area contributed by atoms with Crippen LogP contribution in [0.5, 0.6) is 0 Å². The molecule has 0 radical (unpaired) electrons. The third kappa shape index (κ3) is 6.53. The standard InChI is InChI=1S/C25H23FN4O5S2/c1-35-11-12-37(33,34)23(24(32)28-15-22(31)29-18-5-3-2-4-6-18)25-30-19-9-7-16(13-20(19)36-25)17-8-10-21(26)27-14-17/h2-10,13-14,23H,11-12,15H2,1H3,(H,28,32)(H,29,31). The maximum atomic E-state index is 13.2. The molecular formula is C25H23FN4O5S2. The fourth-order valence-electron chi connectivity index (χ4n) is 3.51. The van der Waals surface area contributed by atoms with Crippen LogP contribution in [0.1, 0.15) is 10.3 Å². The Balaban J connectivity index is 1.59. The average Bonchev–Trinajstić information content (AvgIpc) is 3.29. The Bertz CT molecular complexity index is 1510. The topological polar surface area (TPSA) is 127 Å². The minimum Gasteiger partial charge on any atom is -0.384 e. The van der Waals surface area contributed by atoms with Gasteiger partial charge in [-0.15, -0.1) is 11.3 Å². The highest BCUT2D eigenvalue weighted by Crippen LogP contribution is 2.34. The molecule has 0 aliphatic rings. The lowest BCUT2D eigenvalue weighted by atomic mass is 10.1. The number of sulfone groups is 1. The zero-order chi connectivity index (χ0) is 26.4. The van der Waals surface area contributed by atoms with E-state index in [1.165, 1.54) is 19.4 Å². The first-order chi connectivity index (χ1) is 17.8. The Morgan fingerprint density at radius 3 is 2.54 bits per heavy atom. The van der Waals surface area contributed by atoms with Crippen molar-refractivity contribution in [2.75, 3.05) is 31.3 Å². The molecule has 9 nitrogen and oxygen atoms in total. The van der Waals surface area contributed by atoms with Crippen LogP contribution in [0.4, 0.5) is 10.1 Å². The largest absolute Gasteiger partial charge is 0.384 e. The van der Waals surface area contributed by atoms with E-state index in [-0.39, 0.29) is 11.6 Å². The lowest BCUT2D eigenvalue weighted by molar-refractivity contribution is -0.124. The van der Waals surface area contributed by atoms with Crippen molar-refractivity contribution in [1.29, 1.82) is 0 Å². The highest BCUT2D eigenvalue weighted by Gasteiger charge is 2.37. The van der Waals surface area contributed by atoms with Crippen LogP contribution >= 0.6 is 11.3 Å². The summed E-state index contributed by atoms with van der Waals surface area (Å²) in [5.41, 5.74) is 2.45. The van der Waals surface area contributed by atoms with E-state index in [0.717, 1.165) is 16.9 Å². The van der Waals surface area contributed by atoms with E-state index in [1.807, 2.05) is 0 Å². The molecule has 192 valence electrons. The number of aromatic nitrogens is 2. The van der Waals surface area contributed by atoms with Gasteiger partial charge in [-0.25, -0.2) is 18.4 Å². The van der Waals surface area contributed by atoms with Gasteiger partial charge >= 0.3 is 0 Å². The molecule has 2 aromatic carbocycles. The summed E-state index contributed by atoms with van der Waals surface area (Å²) in [6.45, 7) is -0.524. The monoisotopic (exact) mass is 542 g/mol. The average molecular weight is 543 g/mol. The number of para-hydroxylation sites is 1. The van der Waals surface area contributed by atoms with Crippen molar-refractivity contribution in [2.45, 2.75) is 5.25 Å². The number of halogens is 1. The highest BCUT2D eigenvalue weighted by atomic mass is 32.2. The Kier molecular flexibility index (Phi) is 8.21. The zero-order valence-electron chi connectivity index (χ0n) is 19.7. The lowest BCUT2D eigenvalue weighted by Crippen LogP contribution is -2.39. The number of nitrogens with zero attached hydrogens (tertiary/aromatic N) is 2. The third-order valence-corrected chi connectivity index (χ3v) is 8.46. The second kappa shape index (κ2) is 11.5. The number of pyridine rings is 1. The molecule has 0 saturated heterocycles. The van der Waals surface area contributed by atoms with E-state index < -0.39 is 45.1 Å². The Hall–Kier alpha value is -3.74. The molecule has 0 aliphatic heterocycles. The van der Waals surface area contributed by atoms with Gasteiger partial charge in [0, 0.05) is 24.6 Å². The van der Waals surface area contributed by atoms with Crippen LogP contribution < -0.4 is 10.6 Å². The number of thiazole rings is 1. The van der Waals surface area contributed by atoms with E-state index in [4.69, 9.17) is 4.74 Å². The fourth-order valence-corrected chi connectivity index (χ4v) is 6.49. The number of rotatable bonds is 10. The molecule has 2 amide bonds. The van der Waals surface area contributed by atoms with Crippen LogP contribution in [0.25, 0.3) is 21.3 Å². The molecule has 2 aromatic heterocycles. The molecule has 1 unspecified atom stereocenters. The SMILES string of the molecule is COCCS(=O)(=O)C(C(=O)NCC(=O)Nc1ccccc1)c1nc2ccc(-c3ccc(F)nc3)cc2s1. The van der Waals surface area contributed by atoms with Crippen molar-refractivity contribution < 1.29 is 27.1 Å². The predicted octanol–water partition coefficient (Wildman–Crippen LogP) is 3.35. The number of carbonyl (C=O) groups excluding carboxylic acids is 2. The van der Waals surface area contributed by atoms with E-state index in [1.54, 1.807) is 54.6 Å².